The maximum atomic E-state index is 11.4. The molecule has 1 N–H and O–H groups in total. The number of likely N-dealkylation sites (N-methyl/N-ethyl adjacent to an activating group) is 1. The van der Waals surface area contributed by atoms with E-state index in [9.17, 15) is 14.3 Å². The smallest absolute Gasteiger partial charge is 0.339 e. The normalized spacial score (nSPS) is 14.8. The highest BCUT2D eigenvalue weighted by Crippen LogP contribution is 2.39. The Balaban J connectivity index is 4.18. The standard InChI is InChI=1S/C11H22NO6P/c1-10(6-5-8-13)11(14)18-19(15,16)17-9-7-12(2,3)4/h13H,1,5-9H2,2-4H3. The third-order valence-corrected chi connectivity index (χ3v) is 3.02. The largest absolute Gasteiger partial charge is 0.746 e. The number of carbonyl (C=O) groups is 1. The number of aliphatic hydroxyl groups is 1. The second-order valence-electron chi connectivity index (χ2n) is 5.10. The Morgan fingerprint density at radius 2 is 2.00 bits per heavy atom. The fourth-order valence-corrected chi connectivity index (χ4v) is 1.70. The summed E-state index contributed by atoms with van der Waals surface area (Å²) in [5.41, 5.74) is -0.0136. The molecule has 0 aromatic rings. The minimum Gasteiger partial charge on any atom is -0.746 e. The molecule has 112 valence electrons. The Labute approximate surface area is 113 Å². The predicted molar refractivity (Wildman–Crippen MR) is 68.0 cm³/mol. The molecule has 1 unspecified atom stereocenters. The van der Waals surface area contributed by atoms with Crippen molar-refractivity contribution in [3.63, 3.8) is 0 Å². The average molecular weight is 295 g/mol. The number of hydrogen-bond acceptors (Lipinski definition) is 6. The Hall–Kier alpha value is -0.720. The summed E-state index contributed by atoms with van der Waals surface area (Å²) in [6.07, 6.45) is 0.494. The van der Waals surface area contributed by atoms with Gasteiger partial charge in [-0.1, -0.05) is 6.58 Å². The first-order valence-corrected chi connectivity index (χ1v) is 7.32. The molecule has 0 saturated heterocycles. The highest BCUT2D eigenvalue weighted by atomic mass is 31.2. The van der Waals surface area contributed by atoms with Crippen molar-refractivity contribution in [2.45, 2.75) is 12.8 Å². The van der Waals surface area contributed by atoms with Crippen molar-refractivity contribution >= 4 is 13.8 Å². The van der Waals surface area contributed by atoms with Crippen LogP contribution < -0.4 is 4.89 Å². The molecular weight excluding hydrogens is 273 g/mol. The molecule has 0 amide bonds. The van der Waals surface area contributed by atoms with Crippen LogP contribution >= 0.6 is 7.82 Å². The Morgan fingerprint density at radius 3 is 2.47 bits per heavy atom. The van der Waals surface area contributed by atoms with Crippen LogP contribution in [0.15, 0.2) is 12.2 Å². The van der Waals surface area contributed by atoms with Crippen molar-refractivity contribution in [3.8, 4) is 0 Å². The van der Waals surface area contributed by atoms with E-state index in [-0.39, 0.29) is 25.2 Å². The second-order valence-corrected chi connectivity index (χ2v) is 6.44. The van der Waals surface area contributed by atoms with Gasteiger partial charge in [-0.3, -0.25) is 4.57 Å². The zero-order valence-corrected chi connectivity index (χ0v) is 12.5. The van der Waals surface area contributed by atoms with Gasteiger partial charge in [-0.2, -0.15) is 0 Å². The molecule has 0 aromatic carbocycles. The van der Waals surface area contributed by atoms with Crippen LogP contribution in [0.4, 0.5) is 0 Å². The third-order valence-electron chi connectivity index (χ3n) is 2.13. The van der Waals surface area contributed by atoms with Gasteiger partial charge in [0.05, 0.1) is 21.1 Å². The molecule has 0 heterocycles. The number of phosphoric ester groups is 1. The molecule has 0 bridgehead atoms. The van der Waals surface area contributed by atoms with E-state index in [0.717, 1.165) is 0 Å². The quantitative estimate of drug-likeness (QED) is 0.367. The second kappa shape index (κ2) is 7.77. The van der Waals surface area contributed by atoms with Crippen molar-refractivity contribution in [3.05, 3.63) is 12.2 Å². The summed E-state index contributed by atoms with van der Waals surface area (Å²) in [6.45, 7) is 3.67. The first-order valence-electron chi connectivity index (χ1n) is 5.86. The van der Waals surface area contributed by atoms with Gasteiger partial charge in [-0.15, -0.1) is 0 Å². The van der Waals surface area contributed by atoms with E-state index in [4.69, 9.17) is 5.11 Å². The number of carbonyl (C=O) groups excluding carboxylic acids is 1. The van der Waals surface area contributed by atoms with Crippen LogP contribution in [0.5, 0.6) is 0 Å². The summed E-state index contributed by atoms with van der Waals surface area (Å²) in [5.74, 6) is -1.04. The molecule has 1 atom stereocenters. The van der Waals surface area contributed by atoms with Gasteiger partial charge in [-0.05, 0) is 12.8 Å². The molecule has 8 heteroatoms. The van der Waals surface area contributed by atoms with E-state index in [1.54, 1.807) is 0 Å². The Kier molecular flexibility index (Phi) is 7.47. The molecule has 0 aliphatic carbocycles. The minimum atomic E-state index is -4.65. The highest BCUT2D eigenvalue weighted by Gasteiger charge is 2.19. The van der Waals surface area contributed by atoms with E-state index >= 15 is 0 Å². The molecule has 0 spiro atoms. The molecule has 0 radical (unpaired) electrons. The van der Waals surface area contributed by atoms with Crippen LogP contribution in [0.1, 0.15) is 12.8 Å². The van der Waals surface area contributed by atoms with E-state index in [1.165, 1.54) is 0 Å². The fourth-order valence-electron chi connectivity index (χ4n) is 1.01. The lowest BCUT2D eigenvalue weighted by molar-refractivity contribution is -0.870. The fraction of sp³-hybridized carbons (Fsp3) is 0.727. The molecule has 0 rings (SSSR count). The van der Waals surface area contributed by atoms with Gasteiger partial charge in [0.2, 0.25) is 0 Å². The van der Waals surface area contributed by atoms with E-state index in [2.05, 4.69) is 15.6 Å². The van der Waals surface area contributed by atoms with Crippen molar-refractivity contribution < 1.29 is 32.9 Å². The van der Waals surface area contributed by atoms with E-state index in [1.807, 2.05) is 21.1 Å². The summed E-state index contributed by atoms with van der Waals surface area (Å²) in [5, 5.41) is 8.59. The summed E-state index contributed by atoms with van der Waals surface area (Å²) >= 11 is 0. The summed E-state index contributed by atoms with van der Waals surface area (Å²) in [4.78, 5) is 22.7. The maximum absolute atomic E-state index is 11.4. The molecule has 19 heavy (non-hydrogen) atoms. The van der Waals surface area contributed by atoms with Crippen LogP contribution in [-0.2, 0) is 18.4 Å². The van der Waals surface area contributed by atoms with E-state index in [0.29, 0.717) is 17.4 Å². The monoisotopic (exact) mass is 295 g/mol. The molecule has 0 aliphatic rings. The van der Waals surface area contributed by atoms with Crippen molar-refractivity contribution in [1.82, 2.24) is 0 Å². The van der Waals surface area contributed by atoms with Crippen molar-refractivity contribution in [1.29, 1.82) is 0 Å². The van der Waals surface area contributed by atoms with Crippen LogP contribution in [-0.4, -0.2) is 56.5 Å². The topological polar surface area (TPSA) is 95.9 Å². The van der Waals surface area contributed by atoms with Gasteiger partial charge < -0.3 is 23.5 Å². The predicted octanol–water partition coefficient (Wildman–Crippen LogP) is 0.0495. The summed E-state index contributed by atoms with van der Waals surface area (Å²) in [6, 6.07) is 0. The number of nitrogens with zero attached hydrogens (tertiary/aromatic N) is 1. The third kappa shape index (κ3) is 9.81. The number of phosphoric acid groups is 1. The zero-order valence-electron chi connectivity index (χ0n) is 11.6. The molecule has 0 saturated carbocycles. The lowest BCUT2D eigenvalue weighted by atomic mass is 10.2. The number of aliphatic hydroxyl groups excluding tert-OH is 1. The van der Waals surface area contributed by atoms with Crippen molar-refractivity contribution in [2.24, 2.45) is 0 Å². The van der Waals surface area contributed by atoms with Crippen LogP contribution in [0, 0.1) is 0 Å². The zero-order chi connectivity index (χ0) is 15.1. The van der Waals surface area contributed by atoms with Crippen LogP contribution in [0.25, 0.3) is 0 Å². The van der Waals surface area contributed by atoms with Crippen LogP contribution in [0.3, 0.4) is 0 Å². The van der Waals surface area contributed by atoms with Gasteiger partial charge in [0, 0.05) is 12.2 Å². The summed E-state index contributed by atoms with van der Waals surface area (Å²) in [7, 11) is 0.977. The average Bonchev–Trinajstić information content (AvgIpc) is 2.22. The number of quaternary nitrogens is 1. The highest BCUT2D eigenvalue weighted by molar-refractivity contribution is 7.46. The van der Waals surface area contributed by atoms with Crippen LogP contribution in [0.2, 0.25) is 0 Å². The first kappa shape index (κ1) is 18.3. The molecular formula is C11H22NO6P. The molecule has 0 aromatic heterocycles. The lowest BCUT2D eigenvalue weighted by Crippen LogP contribution is -2.37. The SMILES string of the molecule is C=C(CCCO)C(=O)OP(=O)([O-])OCC[N+](C)(C)C. The van der Waals surface area contributed by atoms with Crippen molar-refractivity contribution in [2.75, 3.05) is 40.9 Å². The molecule has 0 aliphatic heterocycles. The van der Waals surface area contributed by atoms with Gasteiger partial charge in [-0.25, -0.2) is 4.79 Å². The first-order chi connectivity index (χ1) is 8.57. The van der Waals surface area contributed by atoms with Gasteiger partial charge >= 0.3 is 13.8 Å². The Morgan fingerprint density at radius 1 is 1.42 bits per heavy atom. The van der Waals surface area contributed by atoms with E-state index < -0.39 is 13.8 Å². The number of rotatable bonds is 9. The van der Waals surface area contributed by atoms with Gasteiger partial charge in [0.1, 0.15) is 13.2 Å². The summed E-state index contributed by atoms with van der Waals surface area (Å²) < 4.78 is 20.7. The maximum Gasteiger partial charge on any atom is 0.339 e. The molecule has 7 nitrogen and oxygen atoms in total. The van der Waals surface area contributed by atoms with Gasteiger partial charge in [0.25, 0.3) is 0 Å². The molecule has 0 fully saturated rings. The minimum absolute atomic E-state index is 0.0136. The lowest BCUT2D eigenvalue weighted by Gasteiger charge is -2.27. The van der Waals surface area contributed by atoms with Gasteiger partial charge in [0.15, 0.2) is 0 Å². The number of hydrogen-bond donors (Lipinski definition) is 1. The Bertz CT molecular complexity index is 363.